The van der Waals surface area contributed by atoms with Gasteiger partial charge in [0.1, 0.15) is 4.49 Å². The van der Waals surface area contributed by atoms with Crippen molar-refractivity contribution < 1.29 is 9.72 Å². The normalized spacial score (nSPS) is 24.4. The Morgan fingerprint density at radius 2 is 1.88 bits per heavy atom. The molecule has 1 aromatic carbocycles. The van der Waals surface area contributed by atoms with Crippen molar-refractivity contribution in [2.75, 3.05) is 0 Å². The lowest BCUT2D eigenvalue weighted by Crippen LogP contribution is -2.22. The van der Waals surface area contributed by atoms with Crippen molar-refractivity contribution in [2.45, 2.75) is 34.1 Å². The Balaban J connectivity index is 2.56. The van der Waals surface area contributed by atoms with Gasteiger partial charge >= 0.3 is 0 Å². The Labute approximate surface area is 155 Å². The highest BCUT2D eigenvalue weighted by Gasteiger charge is 2.73. The first-order valence-electron chi connectivity index (χ1n) is 7.43. The fraction of sp³-hybridized carbons (Fsp3) is 0.471. The zero-order valence-corrected chi connectivity index (χ0v) is 16.1. The molecule has 7 heteroatoms. The topological polar surface area (TPSA) is 60.2 Å². The summed E-state index contributed by atoms with van der Waals surface area (Å²) in [6.07, 6.45) is 1.94. The second-order valence-corrected chi connectivity index (χ2v) is 8.19. The molecule has 0 aliphatic heterocycles. The van der Waals surface area contributed by atoms with Crippen LogP contribution < -0.4 is 0 Å². The number of nitro groups is 1. The van der Waals surface area contributed by atoms with E-state index >= 15 is 0 Å². The number of nitrogens with zero attached hydrogens (tertiary/aromatic N) is 1. The first-order chi connectivity index (χ1) is 11.0. The summed E-state index contributed by atoms with van der Waals surface area (Å²) in [5, 5.41) is 10.7. The smallest absolute Gasteiger partial charge is 0.272 e. The summed E-state index contributed by atoms with van der Waals surface area (Å²) in [5.74, 6) is -0.224. The maximum atomic E-state index is 12.3. The van der Waals surface area contributed by atoms with E-state index in [1.54, 1.807) is 19.1 Å². The first-order valence-corrected chi connectivity index (χ1v) is 8.56. The number of hydrogen-bond donors (Lipinski definition) is 0. The third kappa shape index (κ3) is 2.85. The SMILES string of the molecule is Cc1ccc([N+](=O)[O-])c(C)c1C[C@@]1(C(=O)Cl)[C@H](C=C(Cl)Cl)C1(C)C. The van der Waals surface area contributed by atoms with Crippen molar-refractivity contribution in [1.82, 2.24) is 0 Å². The molecule has 0 spiro atoms. The highest BCUT2D eigenvalue weighted by atomic mass is 35.5. The van der Waals surface area contributed by atoms with Crippen molar-refractivity contribution in [3.05, 3.63) is 49.5 Å². The molecule has 130 valence electrons. The van der Waals surface area contributed by atoms with Crippen LogP contribution in [-0.4, -0.2) is 10.2 Å². The maximum Gasteiger partial charge on any atom is 0.272 e. The Morgan fingerprint density at radius 3 is 2.33 bits per heavy atom. The van der Waals surface area contributed by atoms with Gasteiger partial charge in [-0.25, -0.2) is 0 Å². The molecule has 0 heterocycles. The first kappa shape index (κ1) is 19.2. The molecule has 0 amide bonds. The molecule has 1 aromatic rings. The van der Waals surface area contributed by atoms with Gasteiger partial charge in [-0.05, 0) is 54.5 Å². The van der Waals surface area contributed by atoms with Gasteiger partial charge in [-0.1, -0.05) is 43.1 Å². The summed E-state index contributed by atoms with van der Waals surface area (Å²) in [4.78, 5) is 23.1. The summed E-state index contributed by atoms with van der Waals surface area (Å²) in [6, 6.07) is 3.18. The van der Waals surface area contributed by atoms with Crippen LogP contribution in [0.15, 0.2) is 22.7 Å². The number of halogens is 3. The van der Waals surface area contributed by atoms with Crippen LogP contribution in [0.3, 0.4) is 0 Å². The van der Waals surface area contributed by atoms with Crippen molar-refractivity contribution in [3.63, 3.8) is 0 Å². The predicted octanol–water partition coefficient (Wildman–Crippen LogP) is 5.48. The molecule has 0 unspecified atom stereocenters. The summed E-state index contributed by atoms with van der Waals surface area (Å²) in [6.45, 7) is 7.41. The Kier molecular flexibility index (Phi) is 5.06. The van der Waals surface area contributed by atoms with Crippen LogP contribution in [0.4, 0.5) is 5.69 Å². The Bertz CT molecular complexity index is 754. The Morgan fingerprint density at radius 1 is 1.29 bits per heavy atom. The van der Waals surface area contributed by atoms with Crippen molar-refractivity contribution in [3.8, 4) is 0 Å². The number of aryl methyl sites for hydroxylation is 1. The lowest BCUT2D eigenvalue weighted by atomic mass is 9.85. The fourth-order valence-corrected chi connectivity index (χ4v) is 4.46. The van der Waals surface area contributed by atoms with Crippen LogP contribution >= 0.6 is 34.8 Å². The van der Waals surface area contributed by atoms with E-state index in [1.807, 2.05) is 20.8 Å². The van der Waals surface area contributed by atoms with Gasteiger partial charge in [0.05, 0.1) is 10.3 Å². The highest BCUT2D eigenvalue weighted by Crippen LogP contribution is 2.72. The van der Waals surface area contributed by atoms with E-state index in [4.69, 9.17) is 34.8 Å². The average Bonchev–Trinajstić information content (AvgIpc) is 2.89. The molecule has 2 rings (SSSR count). The van der Waals surface area contributed by atoms with Crippen molar-refractivity contribution in [2.24, 2.45) is 16.7 Å². The molecule has 0 N–H and O–H groups in total. The number of allylic oxidation sites excluding steroid dienone is 1. The van der Waals surface area contributed by atoms with E-state index in [9.17, 15) is 14.9 Å². The summed E-state index contributed by atoms with van der Waals surface area (Å²) in [5.41, 5.74) is 0.928. The van der Waals surface area contributed by atoms with Crippen LogP contribution in [0.25, 0.3) is 0 Å². The molecular formula is C17H18Cl3NO3. The third-order valence-corrected chi connectivity index (χ3v) is 6.06. The lowest BCUT2D eigenvalue weighted by molar-refractivity contribution is -0.385. The molecule has 1 aliphatic rings. The molecule has 0 aromatic heterocycles. The number of benzene rings is 1. The zero-order chi connectivity index (χ0) is 18.4. The molecule has 0 radical (unpaired) electrons. The number of rotatable bonds is 5. The summed E-state index contributed by atoms with van der Waals surface area (Å²) >= 11 is 17.5. The minimum absolute atomic E-state index is 0.0358. The summed E-state index contributed by atoms with van der Waals surface area (Å²) in [7, 11) is 0. The van der Waals surface area contributed by atoms with Gasteiger partial charge in [0.15, 0.2) is 0 Å². The van der Waals surface area contributed by atoms with Gasteiger partial charge < -0.3 is 0 Å². The highest BCUT2D eigenvalue weighted by molar-refractivity contribution is 6.65. The molecule has 0 bridgehead atoms. The molecule has 1 aliphatic carbocycles. The van der Waals surface area contributed by atoms with Gasteiger partial charge in [0, 0.05) is 17.5 Å². The maximum absolute atomic E-state index is 12.3. The summed E-state index contributed by atoms with van der Waals surface area (Å²) < 4.78 is 0.0837. The fourth-order valence-electron chi connectivity index (χ4n) is 3.78. The second-order valence-electron chi connectivity index (χ2n) is 6.84. The van der Waals surface area contributed by atoms with Crippen LogP contribution in [0.2, 0.25) is 0 Å². The minimum atomic E-state index is -0.881. The molecule has 1 saturated carbocycles. The molecule has 4 nitrogen and oxygen atoms in total. The lowest BCUT2D eigenvalue weighted by Gasteiger charge is -2.19. The second kappa shape index (κ2) is 6.32. The molecule has 24 heavy (non-hydrogen) atoms. The van der Waals surface area contributed by atoms with E-state index in [0.717, 1.165) is 11.1 Å². The quantitative estimate of drug-likeness (QED) is 0.380. The van der Waals surface area contributed by atoms with E-state index in [0.29, 0.717) is 12.0 Å². The van der Waals surface area contributed by atoms with E-state index in [2.05, 4.69) is 0 Å². The van der Waals surface area contributed by atoms with Crippen LogP contribution in [-0.2, 0) is 11.2 Å². The number of carbonyl (C=O) groups excluding carboxylic acids is 1. The van der Waals surface area contributed by atoms with Crippen molar-refractivity contribution in [1.29, 1.82) is 0 Å². The molecule has 2 atom stereocenters. The van der Waals surface area contributed by atoms with E-state index in [1.165, 1.54) is 6.07 Å². The Hall–Kier alpha value is -1.10. The van der Waals surface area contributed by atoms with Crippen LogP contribution in [0.5, 0.6) is 0 Å². The molecular weight excluding hydrogens is 373 g/mol. The van der Waals surface area contributed by atoms with Crippen molar-refractivity contribution >= 4 is 45.7 Å². The number of nitro benzene ring substituents is 1. The van der Waals surface area contributed by atoms with Gasteiger partial charge in [-0.3, -0.25) is 14.9 Å². The van der Waals surface area contributed by atoms with Gasteiger partial charge in [0.2, 0.25) is 5.24 Å². The number of hydrogen-bond acceptors (Lipinski definition) is 3. The standard InChI is InChI=1S/C17H18Cl3NO3/c1-9-5-6-12(21(23)24)10(2)11(9)8-17(15(20)22)13(7-14(18)19)16(17,3)4/h5-7,13H,8H2,1-4H3/t13-,17+/m1/s1. The predicted molar refractivity (Wildman–Crippen MR) is 96.6 cm³/mol. The third-order valence-electron chi connectivity index (χ3n) is 5.47. The van der Waals surface area contributed by atoms with Crippen LogP contribution in [0, 0.1) is 40.7 Å². The van der Waals surface area contributed by atoms with Gasteiger partial charge in [-0.15, -0.1) is 0 Å². The van der Waals surface area contributed by atoms with E-state index in [-0.39, 0.29) is 16.1 Å². The molecule has 1 fully saturated rings. The monoisotopic (exact) mass is 389 g/mol. The van der Waals surface area contributed by atoms with E-state index < -0.39 is 21.0 Å². The minimum Gasteiger partial charge on any atom is -0.281 e. The number of carbonyl (C=O) groups is 1. The van der Waals surface area contributed by atoms with Crippen LogP contribution in [0.1, 0.15) is 30.5 Å². The zero-order valence-electron chi connectivity index (χ0n) is 13.8. The van der Waals surface area contributed by atoms with Gasteiger partial charge in [0.25, 0.3) is 5.69 Å². The molecule has 0 saturated heterocycles. The largest absolute Gasteiger partial charge is 0.281 e. The average molecular weight is 391 g/mol. The van der Waals surface area contributed by atoms with Gasteiger partial charge in [-0.2, -0.15) is 0 Å².